The number of carboxylic acid groups (broad SMARTS) is 1. The fourth-order valence-electron chi connectivity index (χ4n) is 1.53. The molecule has 1 rings (SSSR count). The molecule has 1 unspecified atom stereocenters. The van der Waals surface area contributed by atoms with E-state index in [2.05, 4.69) is 0 Å². The zero-order valence-corrected chi connectivity index (χ0v) is 11.4. The molecule has 10 heteroatoms. The number of carbonyl (C=O) groups is 2. The van der Waals surface area contributed by atoms with Gasteiger partial charge in [-0.25, -0.2) is 13.6 Å². The third-order valence-corrected chi connectivity index (χ3v) is 2.72. The number of carboxylic acids is 1. The lowest BCUT2D eigenvalue weighted by Gasteiger charge is -2.15. The predicted molar refractivity (Wildman–Crippen MR) is 66.0 cm³/mol. The van der Waals surface area contributed by atoms with E-state index in [0.29, 0.717) is 12.1 Å². The Balaban J connectivity index is 3.02. The van der Waals surface area contributed by atoms with Crippen LogP contribution in [0.3, 0.4) is 0 Å². The number of rotatable bonds is 5. The van der Waals surface area contributed by atoms with Crippen LogP contribution >= 0.6 is 11.6 Å². The molecule has 4 nitrogen and oxygen atoms in total. The van der Waals surface area contributed by atoms with Crippen LogP contribution in [0.4, 0.5) is 22.0 Å². The molecule has 1 atom stereocenters. The van der Waals surface area contributed by atoms with E-state index in [1.165, 1.54) is 0 Å². The summed E-state index contributed by atoms with van der Waals surface area (Å²) in [7, 11) is 0. The third kappa shape index (κ3) is 5.14. The molecule has 122 valence electrons. The maximum atomic E-state index is 12.6. The number of nitrogens with one attached hydrogen (secondary N) is 1. The zero-order valence-electron chi connectivity index (χ0n) is 10.6. The summed E-state index contributed by atoms with van der Waals surface area (Å²) in [6.45, 7) is 0. The largest absolute Gasteiger partial charge is 0.480 e. The molecule has 0 aromatic heterocycles. The first-order valence-corrected chi connectivity index (χ1v) is 6.08. The minimum absolute atomic E-state index is 0.402. The molecule has 1 aromatic carbocycles. The van der Waals surface area contributed by atoms with Gasteiger partial charge < -0.3 is 10.4 Å². The molecule has 0 saturated carbocycles. The number of hydrogen-bond acceptors (Lipinski definition) is 2. The summed E-state index contributed by atoms with van der Waals surface area (Å²) in [5.74, 6) is -2.98. The van der Waals surface area contributed by atoms with Crippen LogP contribution in [-0.2, 0) is 11.0 Å². The smallest absolute Gasteiger partial charge is 0.416 e. The van der Waals surface area contributed by atoms with Gasteiger partial charge in [-0.15, -0.1) is 0 Å². The summed E-state index contributed by atoms with van der Waals surface area (Å²) in [5, 5.41) is 10.0. The van der Waals surface area contributed by atoms with Crippen LogP contribution in [0.15, 0.2) is 18.2 Å². The quantitative estimate of drug-likeness (QED) is 0.805. The molecule has 0 spiro atoms. The van der Waals surface area contributed by atoms with Crippen LogP contribution in [-0.4, -0.2) is 29.5 Å². The van der Waals surface area contributed by atoms with Gasteiger partial charge in [0.15, 0.2) is 0 Å². The van der Waals surface area contributed by atoms with Crippen molar-refractivity contribution in [2.75, 3.05) is 0 Å². The normalized spacial score (nSPS) is 13.0. The minimum Gasteiger partial charge on any atom is -0.480 e. The first-order valence-electron chi connectivity index (χ1n) is 5.70. The maximum absolute atomic E-state index is 12.6. The molecule has 0 bridgehead atoms. The predicted octanol–water partition coefficient (Wildman–Crippen LogP) is 3.20. The molecular weight excluding hydrogens is 337 g/mol. The highest BCUT2D eigenvalue weighted by atomic mass is 35.5. The summed E-state index contributed by atoms with van der Waals surface area (Å²) in [6.07, 6.45) is -8.95. The Hall–Kier alpha value is -1.90. The Morgan fingerprint density at radius 3 is 2.27 bits per heavy atom. The van der Waals surface area contributed by atoms with Crippen molar-refractivity contribution in [1.82, 2.24) is 5.32 Å². The van der Waals surface area contributed by atoms with E-state index in [9.17, 15) is 31.5 Å². The first kappa shape index (κ1) is 18.1. The Morgan fingerprint density at radius 2 is 1.82 bits per heavy atom. The number of benzene rings is 1. The molecule has 0 heterocycles. The van der Waals surface area contributed by atoms with Gasteiger partial charge in [0, 0.05) is 17.0 Å². The standard InChI is InChI=1S/C12H9ClF5NO3/c13-7-2-5(1-6(3-7)12(16,17)18)10(20)19-8(11(21)22)4-9(14)15/h1-3,8-9H,4H2,(H,19,20)(H,21,22). The lowest BCUT2D eigenvalue weighted by Crippen LogP contribution is -2.42. The Kier molecular flexibility index (Phi) is 5.70. The molecule has 1 aromatic rings. The molecule has 1 amide bonds. The van der Waals surface area contributed by atoms with Crippen LogP contribution in [0.5, 0.6) is 0 Å². The fourth-order valence-corrected chi connectivity index (χ4v) is 1.76. The summed E-state index contributed by atoms with van der Waals surface area (Å²) in [6, 6.07) is -0.0388. The van der Waals surface area contributed by atoms with Gasteiger partial charge in [0.25, 0.3) is 5.91 Å². The molecule has 0 aliphatic rings. The lowest BCUT2D eigenvalue weighted by atomic mass is 10.1. The van der Waals surface area contributed by atoms with Crippen LogP contribution in [0.2, 0.25) is 5.02 Å². The second kappa shape index (κ2) is 6.91. The van der Waals surface area contributed by atoms with Gasteiger partial charge in [-0.2, -0.15) is 13.2 Å². The Morgan fingerprint density at radius 1 is 1.23 bits per heavy atom. The van der Waals surface area contributed by atoms with Crippen LogP contribution in [0.25, 0.3) is 0 Å². The summed E-state index contributed by atoms with van der Waals surface area (Å²) >= 11 is 5.47. The molecule has 0 radical (unpaired) electrons. The van der Waals surface area contributed by atoms with Gasteiger partial charge in [-0.3, -0.25) is 4.79 Å². The lowest BCUT2D eigenvalue weighted by molar-refractivity contribution is -0.140. The molecule has 0 fully saturated rings. The van der Waals surface area contributed by atoms with Crippen molar-refractivity contribution in [3.63, 3.8) is 0 Å². The van der Waals surface area contributed by atoms with Gasteiger partial charge in [0.1, 0.15) is 6.04 Å². The zero-order chi connectivity index (χ0) is 17.1. The van der Waals surface area contributed by atoms with Crippen molar-refractivity contribution in [2.45, 2.75) is 25.1 Å². The number of alkyl halides is 5. The van der Waals surface area contributed by atoms with Crippen molar-refractivity contribution in [1.29, 1.82) is 0 Å². The average Bonchev–Trinajstić information content (AvgIpc) is 2.35. The highest BCUT2D eigenvalue weighted by Crippen LogP contribution is 2.31. The monoisotopic (exact) mass is 345 g/mol. The SMILES string of the molecule is O=C(NC(CC(F)F)C(=O)O)c1cc(Cl)cc(C(F)(F)F)c1. The average molecular weight is 346 g/mol. The van der Waals surface area contributed by atoms with E-state index in [1.54, 1.807) is 5.32 Å². The van der Waals surface area contributed by atoms with Crippen molar-refractivity contribution in [3.8, 4) is 0 Å². The number of halogens is 6. The van der Waals surface area contributed by atoms with Crippen molar-refractivity contribution < 1.29 is 36.6 Å². The second-order valence-corrected chi connectivity index (χ2v) is 4.65. The molecule has 2 N–H and O–H groups in total. The fraction of sp³-hybridized carbons (Fsp3) is 0.333. The number of amides is 1. The van der Waals surface area contributed by atoms with Gasteiger partial charge >= 0.3 is 12.1 Å². The van der Waals surface area contributed by atoms with E-state index in [4.69, 9.17) is 16.7 Å². The molecule has 22 heavy (non-hydrogen) atoms. The van der Waals surface area contributed by atoms with Gasteiger partial charge in [-0.1, -0.05) is 11.6 Å². The Labute approximate surface area is 125 Å². The van der Waals surface area contributed by atoms with Crippen LogP contribution < -0.4 is 5.32 Å². The molecule has 0 aliphatic carbocycles. The van der Waals surface area contributed by atoms with Crippen LogP contribution in [0, 0.1) is 0 Å². The summed E-state index contributed by atoms with van der Waals surface area (Å²) < 4.78 is 62.2. The van der Waals surface area contributed by atoms with E-state index in [0.717, 1.165) is 6.07 Å². The Bertz CT molecular complexity index is 576. The first-order chi connectivity index (χ1) is 10.0. The van der Waals surface area contributed by atoms with E-state index in [1.807, 2.05) is 0 Å². The summed E-state index contributed by atoms with van der Waals surface area (Å²) in [4.78, 5) is 22.5. The number of aliphatic carboxylic acids is 1. The molecular formula is C12H9ClF5NO3. The van der Waals surface area contributed by atoms with Crippen LogP contribution in [0.1, 0.15) is 22.3 Å². The third-order valence-electron chi connectivity index (χ3n) is 2.50. The van der Waals surface area contributed by atoms with Gasteiger partial charge in [0.05, 0.1) is 5.56 Å². The van der Waals surface area contributed by atoms with Crippen molar-refractivity contribution in [3.05, 3.63) is 34.3 Å². The van der Waals surface area contributed by atoms with E-state index < -0.39 is 53.1 Å². The highest BCUT2D eigenvalue weighted by molar-refractivity contribution is 6.31. The number of carbonyl (C=O) groups excluding carboxylic acids is 1. The van der Waals surface area contributed by atoms with E-state index in [-0.39, 0.29) is 0 Å². The molecule has 0 aliphatic heterocycles. The molecule has 0 saturated heterocycles. The minimum atomic E-state index is -4.77. The van der Waals surface area contributed by atoms with Crippen molar-refractivity contribution >= 4 is 23.5 Å². The maximum Gasteiger partial charge on any atom is 0.416 e. The van der Waals surface area contributed by atoms with E-state index >= 15 is 0 Å². The highest BCUT2D eigenvalue weighted by Gasteiger charge is 2.32. The topological polar surface area (TPSA) is 66.4 Å². The van der Waals surface area contributed by atoms with Gasteiger partial charge in [0.2, 0.25) is 6.43 Å². The second-order valence-electron chi connectivity index (χ2n) is 4.22. The summed E-state index contributed by atoms with van der Waals surface area (Å²) in [5.41, 5.74) is -1.80. The van der Waals surface area contributed by atoms with Gasteiger partial charge in [-0.05, 0) is 18.2 Å². The number of hydrogen-bond donors (Lipinski definition) is 2. The van der Waals surface area contributed by atoms with Crippen molar-refractivity contribution in [2.24, 2.45) is 0 Å².